The molecule has 0 N–H and O–H groups in total. The molecule has 0 aromatic heterocycles. The van der Waals surface area contributed by atoms with Crippen molar-refractivity contribution in [2.45, 2.75) is 39.0 Å². The van der Waals surface area contributed by atoms with Crippen LogP contribution in [0.15, 0.2) is 0 Å². The summed E-state index contributed by atoms with van der Waals surface area (Å²) in [6, 6.07) is 0. The van der Waals surface area contributed by atoms with Crippen molar-refractivity contribution in [3.05, 3.63) is 0 Å². The summed E-state index contributed by atoms with van der Waals surface area (Å²) >= 11 is 0. The number of hydrogen-bond acceptors (Lipinski definition) is 3. The van der Waals surface area contributed by atoms with E-state index in [4.69, 9.17) is 0 Å². The van der Waals surface area contributed by atoms with Crippen LogP contribution in [0.3, 0.4) is 0 Å². The van der Waals surface area contributed by atoms with Crippen LogP contribution in [-0.2, 0) is 14.3 Å². The number of hydrogen-bond donors (Lipinski definition) is 0. The number of alkyl halides is 2. The molecule has 0 amide bonds. The van der Waals surface area contributed by atoms with Crippen molar-refractivity contribution in [2.24, 2.45) is 0 Å². The highest BCUT2D eigenvalue weighted by atomic mass is 19.3. The van der Waals surface area contributed by atoms with Gasteiger partial charge in [-0.2, -0.15) is 8.78 Å². The first-order chi connectivity index (χ1) is 6.44. The molecule has 0 radical (unpaired) electrons. The largest absolute Gasteiger partial charge is 0.462 e. The molecule has 3 nitrogen and oxygen atoms in total. The molecule has 0 saturated heterocycles. The zero-order valence-corrected chi connectivity index (χ0v) is 8.31. The maximum atomic E-state index is 12.9. The second-order valence-electron chi connectivity index (χ2n) is 2.82. The number of carbonyl (C=O) groups is 2. The van der Waals surface area contributed by atoms with Gasteiger partial charge in [0.05, 0.1) is 6.61 Å². The van der Waals surface area contributed by atoms with Crippen LogP contribution in [-0.4, -0.2) is 24.3 Å². The predicted octanol–water partition coefficient (Wildman–Crippen LogP) is 1.94. The van der Waals surface area contributed by atoms with Crippen LogP contribution in [0.1, 0.15) is 33.1 Å². The van der Waals surface area contributed by atoms with Gasteiger partial charge in [0.15, 0.2) is 0 Å². The van der Waals surface area contributed by atoms with E-state index in [-0.39, 0.29) is 25.2 Å². The smallest absolute Gasteiger partial charge is 0.376 e. The van der Waals surface area contributed by atoms with Gasteiger partial charge in [0.25, 0.3) is 0 Å². The van der Waals surface area contributed by atoms with Crippen LogP contribution < -0.4 is 0 Å². The molecule has 0 aliphatic heterocycles. The molecule has 0 bridgehead atoms. The maximum absolute atomic E-state index is 12.9. The van der Waals surface area contributed by atoms with Crippen LogP contribution in [0.5, 0.6) is 0 Å². The lowest BCUT2D eigenvalue weighted by Crippen LogP contribution is -2.31. The van der Waals surface area contributed by atoms with E-state index in [9.17, 15) is 18.4 Å². The Kier molecular flexibility index (Phi) is 5.27. The Bertz CT molecular complexity index is 214. The molecule has 0 aliphatic rings. The van der Waals surface area contributed by atoms with Crippen molar-refractivity contribution >= 4 is 11.8 Å². The van der Waals surface area contributed by atoms with Crippen LogP contribution in [0.4, 0.5) is 8.78 Å². The van der Waals surface area contributed by atoms with Gasteiger partial charge in [-0.1, -0.05) is 6.92 Å². The molecule has 0 aromatic carbocycles. The third-order valence-corrected chi connectivity index (χ3v) is 1.69. The summed E-state index contributed by atoms with van der Waals surface area (Å²) in [4.78, 5) is 21.4. The molecule has 0 heterocycles. The highest BCUT2D eigenvalue weighted by molar-refractivity contribution is 5.81. The Labute approximate surface area is 81.4 Å². The summed E-state index contributed by atoms with van der Waals surface area (Å²) < 4.78 is 29.9. The molecule has 0 fully saturated rings. The van der Waals surface area contributed by atoms with E-state index in [1.54, 1.807) is 6.92 Å². The van der Waals surface area contributed by atoms with Crippen molar-refractivity contribution in [1.82, 2.24) is 0 Å². The molecule has 14 heavy (non-hydrogen) atoms. The molecule has 0 spiro atoms. The Morgan fingerprint density at radius 3 is 2.29 bits per heavy atom. The van der Waals surface area contributed by atoms with Crippen LogP contribution in [0.2, 0.25) is 0 Å². The lowest BCUT2D eigenvalue weighted by Gasteiger charge is -2.13. The number of rotatable bonds is 6. The Morgan fingerprint density at radius 1 is 1.29 bits per heavy atom. The van der Waals surface area contributed by atoms with E-state index in [1.165, 1.54) is 6.92 Å². The fourth-order valence-corrected chi connectivity index (χ4v) is 0.812. The number of esters is 1. The third kappa shape index (κ3) is 4.30. The molecule has 0 atom stereocenters. The van der Waals surface area contributed by atoms with Crippen molar-refractivity contribution in [2.75, 3.05) is 6.61 Å². The summed E-state index contributed by atoms with van der Waals surface area (Å²) in [5, 5.41) is 0. The molecule has 0 unspecified atom stereocenters. The summed E-state index contributed by atoms with van der Waals surface area (Å²) in [7, 11) is 0. The van der Waals surface area contributed by atoms with Gasteiger partial charge < -0.3 is 4.74 Å². The average Bonchev–Trinajstić information content (AvgIpc) is 2.14. The first-order valence-electron chi connectivity index (χ1n) is 4.50. The molecule has 0 rings (SSSR count). The quantitative estimate of drug-likeness (QED) is 0.626. The Morgan fingerprint density at radius 2 is 1.86 bits per heavy atom. The highest BCUT2D eigenvalue weighted by Crippen LogP contribution is 2.22. The monoisotopic (exact) mass is 208 g/mol. The van der Waals surface area contributed by atoms with Gasteiger partial charge >= 0.3 is 11.9 Å². The van der Waals surface area contributed by atoms with E-state index in [1.807, 2.05) is 0 Å². The number of carbonyl (C=O) groups excluding carboxylic acids is 2. The third-order valence-electron chi connectivity index (χ3n) is 1.69. The van der Waals surface area contributed by atoms with Crippen molar-refractivity contribution < 1.29 is 23.1 Å². The van der Waals surface area contributed by atoms with Crippen molar-refractivity contribution in [3.8, 4) is 0 Å². The van der Waals surface area contributed by atoms with E-state index in [2.05, 4.69) is 4.74 Å². The molecule has 82 valence electrons. The lowest BCUT2D eigenvalue weighted by molar-refractivity contribution is -0.172. The van der Waals surface area contributed by atoms with E-state index < -0.39 is 18.3 Å². The van der Waals surface area contributed by atoms with Gasteiger partial charge in [0, 0.05) is 19.3 Å². The van der Waals surface area contributed by atoms with E-state index in [0.717, 1.165) is 0 Å². The van der Waals surface area contributed by atoms with Crippen molar-refractivity contribution in [1.29, 1.82) is 0 Å². The number of ether oxygens (including phenoxy) is 1. The number of Topliss-reactive ketones (excluding diaryl/α,β-unsaturated/α-hetero) is 1. The fraction of sp³-hybridized carbons (Fsp3) is 0.778. The van der Waals surface area contributed by atoms with Gasteiger partial charge in [0.1, 0.15) is 5.78 Å². The first-order valence-corrected chi connectivity index (χ1v) is 4.50. The van der Waals surface area contributed by atoms with E-state index in [0.29, 0.717) is 0 Å². The number of halogens is 2. The summed E-state index contributed by atoms with van der Waals surface area (Å²) in [6.07, 6.45) is -0.847. The zero-order valence-electron chi connectivity index (χ0n) is 8.31. The average molecular weight is 208 g/mol. The van der Waals surface area contributed by atoms with Gasteiger partial charge in [-0.25, -0.2) is 4.79 Å². The molecular weight excluding hydrogens is 194 g/mol. The Balaban J connectivity index is 4.06. The lowest BCUT2D eigenvalue weighted by atomic mass is 10.1. The first kappa shape index (κ1) is 13.0. The highest BCUT2D eigenvalue weighted by Gasteiger charge is 2.40. The normalized spacial score (nSPS) is 11.1. The van der Waals surface area contributed by atoms with Crippen LogP contribution in [0.25, 0.3) is 0 Å². The zero-order chi connectivity index (χ0) is 11.2. The van der Waals surface area contributed by atoms with Gasteiger partial charge in [-0.15, -0.1) is 0 Å². The van der Waals surface area contributed by atoms with Gasteiger partial charge in [-0.3, -0.25) is 4.79 Å². The summed E-state index contributed by atoms with van der Waals surface area (Å²) in [5.41, 5.74) is 0. The van der Waals surface area contributed by atoms with Gasteiger partial charge in [-0.05, 0) is 6.92 Å². The molecule has 0 aliphatic carbocycles. The molecule has 0 aromatic rings. The standard InChI is InChI=1S/C9H14F2O3/c1-3-7(12)5-6-9(10,11)8(13)14-4-2/h3-6H2,1-2H3. The second-order valence-corrected chi connectivity index (χ2v) is 2.82. The van der Waals surface area contributed by atoms with E-state index >= 15 is 0 Å². The van der Waals surface area contributed by atoms with Crippen LogP contribution >= 0.6 is 0 Å². The van der Waals surface area contributed by atoms with Crippen LogP contribution in [0, 0.1) is 0 Å². The minimum absolute atomic E-state index is 0.0872. The minimum Gasteiger partial charge on any atom is -0.462 e. The SMILES string of the molecule is CCOC(=O)C(F)(F)CCC(=O)CC. The molecule has 0 saturated carbocycles. The van der Waals surface area contributed by atoms with Crippen molar-refractivity contribution in [3.63, 3.8) is 0 Å². The summed E-state index contributed by atoms with van der Waals surface area (Å²) in [6.45, 7) is 2.95. The van der Waals surface area contributed by atoms with Gasteiger partial charge in [0.2, 0.25) is 0 Å². The summed E-state index contributed by atoms with van der Waals surface area (Å²) in [5.74, 6) is -5.38. The fourth-order valence-electron chi connectivity index (χ4n) is 0.812. The Hall–Kier alpha value is -1.00. The molecule has 5 heteroatoms. The minimum atomic E-state index is -3.54. The maximum Gasteiger partial charge on any atom is 0.376 e. The second kappa shape index (κ2) is 5.67. The topological polar surface area (TPSA) is 43.4 Å². The predicted molar refractivity (Wildman–Crippen MR) is 46.1 cm³/mol. The number of ketones is 1. The molecular formula is C9H14F2O3.